The van der Waals surface area contributed by atoms with Gasteiger partial charge in [-0.1, -0.05) is 11.3 Å². The van der Waals surface area contributed by atoms with Gasteiger partial charge in [0.2, 0.25) is 5.91 Å². The first-order valence-corrected chi connectivity index (χ1v) is 11.3. The van der Waals surface area contributed by atoms with Crippen molar-refractivity contribution in [2.24, 2.45) is 4.99 Å². The van der Waals surface area contributed by atoms with Crippen LogP contribution in [0.5, 0.6) is 5.75 Å². The van der Waals surface area contributed by atoms with Crippen molar-refractivity contribution in [1.29, 1.82) is 0 Å². The molecule has 0 aliphatic carbocycles. The lowest BCUT2D eigenvalue weighted by Crippen LogP contribution is -2.41. The number of morpholine rings is 1. The summed E-state index contributed by atoms with van der Waals surface area (Å²) in [5, 5.41) is 0. The normalized spacial score (nSPS) is 15.1. The molecule has 1 saturated heterocycles. The molecule has 8 nitrogen and oxygen atoms in total. The van der Waals surface area contributed by atoms with E-state index in [1.54, 1.807) is 19.1 Å². The Kier molecular flexibility index (Phi) is 8.10. The number of nitrogens with zero attached hydrogens (tertiary/aromatic N) is 3. The van der Waals surface area contributed by atoms with Crippen LogP contribution in [0.2, 0.25) is 0 Å². The fraction of sp³-hybridized carbons (Fsp3) is 0.526. The van der Waals surface area contributed by atoms with Crippen molar-refractivity contribution in [3.8, 4) is 5.75 Å². The predicted octanol–water partition coefficient (Wildman–Crippen LogP) is 1.38. The van der Waals surface area contributed by atoms with Gasteiger partial charge in [0.15, 0.2) is 4.80 Å². The molecule has 3 rings (SSSR count). The minimum atomic E-state index is -0.255. The first kappa shape index (κ1) is 21.8. The average molecular weight is 440 g/mol. The summed E-state index contributed by atoms with van der Waals surface area (Å²) < 4.78 is 18.7. The molecule has 0 saturated carbocycles. The van der Waals surface area contributed by atoms with Crippen molar-refractivity contribution < 1.29 is 23.8 Å². The second-order valence-electron chi connectivity index (χ2n) is 6.35. The summed E-state index contributed by atoms with van der Waals surface area (Å²) >= 11 is 2.73. The standard InChI is InChI=1S/C19H25N3O5S2/c1-25-8-7-22-15-4-3-14(26-2)11-16(15)29-19(22)20-17(23)12-28-13-18(24)21-5-9-27-10-6-21/h3-4,11H,5-10,12-13H2,1-2H3. The second-order valence-corrected chi connectivity index (χ2v) is 8.35. The van der Waals surface area contributed by atoms with Gasteiger partial charge in [-0.05, 0) is 18.2 Å². The number of amides is 2. The molecule has 0 spiro atoms. The van der Waals surface area contributed by atoms with Crippen LogP contribution in [0.15, 0.2) is 23.2 Å². The van der Waals surface area contributed by atoms with E-state index in [2.05, 4.69) is 4.99 Å². The Morgan fingerprint density at radius 3 is 2.76 bits per heavy atom. The van der Waals surface area contributed by atoms with Crippen LogP contribution < -0.4 is 9.54 Å². The fourth-order valence-corrected chi connectivity index (χ4v) is 4.73. The van der Waals surface area contributed by atoms with Crippen LogP contribution in [0.25, 0.3) is 10.2 Å². The van der Waals surface area contributed by atoms with Gasteiger partial charge < -0.3 is 23.7 Å². The van der Waals surface area contributed by atoms with Crippen molar-refractivity contribution in [2.45, 2.75) is 6.54 Å². The molecular formula is C19H25N3O5S2. The molecule has 1 aliphatic rings. The largest absolute Gasteiger partial charge is 0.497 e. The third-order valence-electron chi connectivity index (χ3n) is 4.44. The van der Waals surface area contributed by atoms with E-state index in [9.17, 15) is 9.59 Å². The highest BCUT2D eigenvalue weighted by Gasteiger charge is 2.17. The highest BCUT2D eigenvalue weighted by molar-refractivity contribution is 8.00. The number of hydrogen-bond acceptors (Lipinski definition) is 7. The zero-order valence-electron chi connectivity index (χ0n) is 16.6. The van der Waals surface area contributed by atoms with E-state index >= 15 is 0 Å². The first-order chi connectivity index (χ1) is 14.1. The molecule has 29 heavy (non-hydrogen) atoms. The predicted molar refractivity (Wildman–Crippen MR) is 114 cm³/mol. The van der Waals surface area contributed by atoms with E-state index in [1.165, 1.54) is 23.1 Å². The highest BCUT2D eigenvalue weighted by atomic mass is 32.2. The van der Waals surface area contributed by atoms with E-state index in [1.807, 2.05) is 22.8 Å². The molecule has 158 valence electrons. The lowest BCUT2D eigenvalue weighted by atomic mass is 10.3. The van der Waals surface area contributed by atoms with Gasteiger partial charge in [0.25, 0.3) is 5.91 Å². The second kappa shape index (κ2) is 10.8. The number of fused-ring (bicyclic) bond motifs is 1. The topological polar surface area (TPSA) is 82.4 Å². The Balaban J connectivity index is 1.68. The number of benzene rings is 1. The summed E-state index contributed by atoms with van der Waals surface area (Å²) in [6.07, 6.45) is 0. The van der Waals surface area contributed by atoms with Crippen molar-refractivity contribution in [1.82, 2.24) is 9.47 Å². The summed E-state index contributed by atoms with van der Waals surface area (Å²) in [7, 11) is 3.26. The molecule has 1 aromatic carbocycles. The van der Waals surface area contributed by atoms with Gasteiger partial charge in [-0.15, -0.1) is 11.8 Å². The molecule has 10 heteroatoms. The molecular weight excluding hydrogens is 414 g/mol. The van der Waals surface area contributed by atoms with Crippen LogP contribution in [0.1, 0.15) is 0 Å². The summed E-state index contributed by atoms with van der Waals surface area (Å²) in [4.78, 5) is 31.3. The van der Waals surface area contributed by atoms with E-state index < -0.39 is 0 Å². The number of thioether (sulfide) groups is 1. The molecule has 2 aromatic rings. The maximum Gasteiger partial charge on any atom is 0.258 e. The molecule has 0 N–H and O–H groups in total. The molecule has 0 atom stereocenters. The third-order valence-corrected chi connectivity index (χ3v) is 6.39. The van der Waals surface area contributed by atoms with Crippen LogP contribution in [-0.2, 0) is 25.6 Å². The van der Waals surface area contributed by atoms with Gasteiger partial charge in [0, 0.05) is 26.7 Å². The van der Waals surface area contributed by atoms with E-state index in [0.717, 1.165) is 16.0 Å². The van der Waals surface area contributed by atoms with Gasteiger partial charge in [-0.3, -0.25) is 9.59 Å². The SMILES string of the molecule is COCCn1c(=NC(=O)CSCC(=O)N2CCOCC2)sc2cc(OC)ccc21. The number of rotatable bonds is 8. The maximum atomic E-state index is 12.4. The van der Waals surface area contributed by atoms with Gasteiger partial charge in [-0.2, -0.15) is 4.99 Å². The lowest BCUT2D eigenvalue weighted by Gasteiger charge is -2.26. The minimum Gasteiger partial charge on any atom is -0.497 e. The molecule has 1 aromatic heterocycles. The number of carbonyl (C=O) groups excluding carboxylic acids is 2. The van der Waals surface area contributed by atoms with E-state index in [4.69, 9.17) is 14.2 Å². The zero-order chi connectivity index (χ0) is 20.6. The van der Waals surface area contributed by atoms with Crippen molar-refractivity contribution in [2.75, 3.05) is 58.6 Å². The van der Waals surface area contributed by atoms with Crippen LogP contribution in [0.3, 0.4) is 0 Å². The summed E-state index contributed by atoms with van der Waals surface area (Å²) in [6, 6.07) is 5.78. The van der Waals surface area contributed by atoms with Crippen molar-refractivity contribution in [3.63, 3.8) is 0 Å². The number of ether oxygens (including phenoxy) is 3. The number of methoxy groups -OCH3 is 2. The maximum absolute atomic E-state index is 12.4. The van der Waals surface area contributed by atoms with E-state index in [0.29, 0.717) is 44.3 Å². The summed E-state index contributed by atoms with van der Waals surface area (Å²) in [5.41, 5.74) is 0.981. The van der Waals surface area contributed by atoms with Crippen LogP contribution >= 0.6 is 23.1 Å². The van der Waals surface area contributed by atoms with Gasteiger partial charge in [-0.25, -0.2) is 0 Å². The van der Waals surface area contributed by atoms with Crippen LogP contribution in [-0.4, -0.2) is 79.9 Å². The molecule has 0 radical (unpaired) electrons. The zero-order valence-corrected chi connectivity index (χ0v) is 18.2. The Bertz CT molecular complexity index is 918. The Morgan fingerprint density at radius 2 is 2.03 bits per heavy atom. The van der Waals surface area contributed by atoms with Crippen LogP contribution in [0.4, 0.5) is 0 Å². The van der Waals surface area contributed by atoms with Gasteiger partial charge in [0.1, 0.15) is 5.75 Å². The number of hydrogen-bond donors (Lipinski definition) is 0. The Morgan fingerprint density at radius 1 is 1.24 bits per heavy atom. The quantitative estimate of drug-likeness (QED) is 0.618. The monoisotopic (exact) mass is 439 g/mol. The van der Waals surface area contributed by atoms with Gasteiger partial charge in [0.05, 0.1) is 48.7 Å². The fourth-order valence-electron chi connectivity index (χ4n) is 2.93. The average Bonchev–Trinajstić information content (AvgIpc) is 3.08. The van der Waals surface area contributed by atoms with Crippen LogP contribution in [0, 0.1) is 0 Å². The highest BCUT2D eigenvalue weighted by Crippen LogP contribution is 2.23. The Labute approximate surface area is 177 Å². The third kappa shape index (κ3) is 5.81. The minimum absolute atomic E-state index is 0.0372. The summed E-state index contributed by atoms with van der Waals surface area (Å²) in [6.45, 7) is 3.48. The van der Waals surface area contributed by atoms with E-state index in [-0.39, 0.29) is 23.3 Å². The molecule has 1 aliphatic heterocycles. The summed E-state index contributed by atoms with van der Waals surface area (Å²) in [5.74, 6) is 0.976. The first-order valence-electron chi connectivity index (χ1n) is 9.29. The smallest absolute Gasteiger partial charge is 0.258 e. The molecule has 2 amide bonds. The molecule has 0 unspecified atom stereocenters. The number of carbonyl (C=O) groups is 2. The van der Waals surface area contributed by atoms with Gasteiger partial charge >= 0.3 is 0 Å². The van der Waals surface area contributed by atoms with Crippen molar-refractivity contribution in [3.05, 3.63) is 23.0 Å². The molecule has 2 heterocycles. The lowest BCUT2D eigenvalue weighted by molar-refractivity contribution is -0.132. The molecule has 1 fully saturated rings. The molecule has 0 bridgehead atoms. The van der Waals surface area contributed by atoms with Crippen molar-refractivity contribution >= 4 is 45.1 Å². The number of thiazole rings is 1. The Hall–Kier alpha value is -1.88. The number of aromatic nitrogens is 1.